The molecule has 32 heavy (non-hydrogen) atoms. The first-order chi connectivity index (χ1) is 15.7. The van der Waals surface area contributed by atoms with E-state index in [0.717, 1.165) is 32.7 Å². The van der Waals surface area contributed by atoms with Crippen LogP contribution in [0.25, 0.3) is 5.70 Å². The van der Waals surface area contributed by atoms with E-state index in [2.05, 4.69) is 51.6 Å². The van der Waals surface area contributed by atoms with Crippen LogP contribution in [0.2, 0.25) is 0 Å². The van der Waals surface area contributed by atoms with Crippen molar-refractivity contribution in [2.24, 2.45) is 0 Å². The number of fused-ring (bicyclic) bond motifs is 1. The van der Waals surface area contributed by atoms with Gasteiger partial charge in [-0.3, -0.25) is 9.69 Å². The lowest BCUT2D eigenvalue weighted by Gasteiger charge is -2.30. The highest BCUT2D eigenvalue weighted by molar-refractivity contribution is 9.10. The van der Waals surface area contributed by atoms with E-state index < -0.39 is 0 Å². The maximum absolute atomic E-state index is 13.8. The summed E-state index contributed by atoms with van der Waals surface area (Å²) in [4.78, 5) is 15.7. The van der Waals surface area contributed by atoms with Crippen LogP contribution in [0.5, 0.6) is 0 Å². The standard InChI is InChI=1S/C28H21BrN2O/c29-23-17-15-20(16-18-23)25-19-27(21-9-3-1-4-10-21)31(26-14-8-7-13-24(26)30-25)28(32)22-11-5-2-6-12-22/h1-19,27,30H. The molecule has 0 saturated carbocycles. The van der Waals surface area contributed by atoms with Crippen molar-refractivity contribution in [3.05, 3.63) is 136 Å². The predicted molar refractivity (Wildman–Crippen MR) is 135 cm³/mol. The van der Waals surface area contributed by atoms with Gasteiger partial charge in [-0.1, -0.05) is 88.7 Å². The summed E-state index contributed by atoms with van der Waals surface area (Å²) in [5, 5.41) is 3.58. The van der Waals surface area contributed by atoms with Crippen molar-refractivity contribution in [1.82, 2.24) is 0 Å². The van der Waals surface area contributed by atoms with Crippen LogP contribution in [0, 0.1) is 0 Å². The number of halogens is 1. The lowest BCUT2D eigenvalue weighted by atomic mass is 10.0. The molecule has 1 N–H and O–H groups in total. The summed E-state index contributed by atoms with van der Waals surface area (Å²) >= 11 is 3.52. The van der Waals surface area contributed by atoms with Gasteiger partial charge in [0.2, 0.25) is 0 Å². The summed E-state index contributed by atoms with van der Waals surface area (Å²) in [7, 11) is 0. The van der Waals surface area contributed by atoms with Crippen molar-refractivity contribution in [3.8, 4) is 0 Å². The van der Waals surface area contributed by atoms with Crippen LogP contribution in [0.4, 0.5) is 11.4 Å². The minimum Gasteiger partial charge on any atom is -0.354 e. The highest BCUT2D eigenvalue weighted by Gasteiger charge is 2.31. The average molecular weight is 481 g/mol. The summed E-state index contributed by atoms with van der Waals surface area (Å²) < 4.78 is 1.02. The molecule has 1 aliphatic rings. The maximum atomic E-state index is 13.8. The van der Waals surface area contributed by atoms with Crippen LogP contribution >= 0.6 is 15.9 Å². The summed E-state index contributed by atoms with van der Waals surface area (Å²) in [5.74, 6) is -0.0398. The van der Waals surface area contributed by atoms with E-state index in [4.69, 9.17) is 0 Å². The zero-order chi connectivity index (χ0) is 21.9. The predicted octanol–water partition coefficient (Wildman–Crippen LogP) is 7.30. The fraction of sp³-hybridized carbons (Fsp3) is 0.0357. The Bertz CT molecular complexity index is 1270. The second kappa shape index (κ2) is 8.85. The molecule has 0 aromatic heterocycles. The summed E-state index contributed by atoms with van der Waals surface area (Å²) in [6, 6.07) is 35.5. The Morgan fingerprint density at radius 3 is 2.09 bits per heavy atom. The van der Waals surface area contributed by atoms with Crippen LogP contribution in [0.1, 0.15) is 27.5 Å². The highest BCUT2D eigenvalue weighted by atomic mass is 79.9. The molecule has 1 amide bonds. The Morgan fingerprint density at radius 2 is 1.38 bits per heavy atom. The molecule has 1 atom stereocenters. The van der Waals surface area contributed by atoms with E-state index in [1.54, 1.807) is 0 Å². The third-order valence-corrected chi connectivity index (χ3v) is 6.10. The van der Waals surface area contributed by atoms with Crippen molar-refractivity contribution < 1.29 is 4.79 Å². The van der Waals surface area contributed by atoms with Gasteiger partial charge in [-0.05, 0) is 53.6 Å². The molecular formula is C28H21BrN2O. The quantitative estimate of drug-likeness (QED) is 0.333. The van der Waals surface area contributed by atoms with Gasteiger partial charge in [0.15, 0.2) is 0 Å². The Kier molecular flexibility index (Phi) is 5.61. The molecule has 4 aromatic rings. The summed E-state index contributed by atoms with van der Waals surface area (Å²) in [6.45, 7) is 0. The second-order valence-electron chi connectivity index (χ2n) is 7.63. The number of carbonyl (C=O) groups is 1. The molecule has 0 radical (unpaired) electrons. The van der Waals surface area contributed by atoms with Crippen molar-refractivity contribution in [3.63, 3.8) is 0 Å². The first kappa shape index (κ1) is 20.3. The van der Waals surface area contributed by atoms with Gasteiger partial charge < -0.3 is 5.32 Å². The topological polar surface area (TPSA) is 32.3 Å². The van der Waals surface area contributed by atoms with Crippen LogP contribution in [0.3, 0.4) is 0 Å². The number of para-hydroxylation sites is 2. The first-order valence-electron chi connectivity index (χ1n) is 10.5. The summed E-state index contributed by atoms with van der Waals surface area (Å²) in [5.41, 5.74) is 5.46. The van der Waals surface area contributed by atoms with Crippen LogP contribution in [0.15, 0.2) is 120 Å². The van der Waals surface area contributed by atoms with Crippen molar-refractivity contribution in [2.75, 3.05) is 10.2 Å². The molecule has 0 fully saturated rings. The SMILES string of the molecule is O=C(c1ccccc1)N1c2ccccc2NC(c2ccc(Br)cc2)=CC1c1ccccc1. The number of hydrogen-bond donors (Lipinski definition) is 1. The van der Waals surface area contributed by atoms with Gasteiger partial charge in [0.1, 0.15) is 0 Å². The third kappa shape index (κ3) is 3.97. The van der Waals surface area contributed by atoms with E-state index >= 15 is 0 Å². The minimum atomic E-state index is -0.279. The summed E-state index contributed by atoms with van der Waals surface area (Å²) in [6.07, 6.45) is 2.14. The molecule has 0 bridgehead atoms. The lowest BCUT2D eigenvalue weighted by molar-refractivity contribution is 0.0981. The zero-order valence-corrected chi connectivity index (χ0v) is 18.9. The molecule has 4 aromatic carbocycles. The number of rotatable bonds is 3. The van der Waals surface area contributed by atoms with Gasteiger partial charge in [0.25, 0.3) is 5.91 Å². The number of amides is 1. The minimum absolute atomic E-state index is 0.0398. The number of anilines is 2. The highest BCUT2D eigenvalue weighted by Crippen LogP contribution is 2.40. The average Bonchev–Trinajstić information content (AvgIpc) is 3.02. The monoisotopic (exact) mass is 480 g/mol. The van der Waals surface area contributed by atoms with Gasteiger partial charge >= 0.3 is 0 Å². The second-order valence-corrected chi connectivity index (χ2v) is 8.54. The normalized spacial score (nSPS) is 15.2. The van der Waals surface area contributed by atoms with E-state index in [9.17, 15) is 4.79 Å². The van der Waals surface area contributed by atoms with E-state index in [1.807, 2.05) is 89.8 Å². The zero-order valence-electron chi connectivity index (χ0n) is 17.3. The maximum Gasteiger partial charge on any atom is 0.259 e. The van der Waals surface area contributed by atoms with Crippen LogP contribution < -0.4 is 10.2 Å². The number of nitrogens with zero attached hydrogens (tertiary/aromatic N) is 1. The smallest absolute Gasteiger partial charge is 0.259 e. The fourth-order valence-corrected chi connectivity index (χ4v) is 4.27. The molecular weight excluding hydrogens is 460 g/mol. The Balaban J connectivity index is 1.72. The number of benzene rings is 4. The molecule has 0 saturated heterocycles. The van der Waals surface area contributed by atoms with Crippen molar-refractivity contribution >= 4 is 38.9 Å². The third-order valence-electron chi connectivity index (χ3n) is 5.57. The Labute approximate surface area is 196 Å². The number of hydrogen-bond acceptors (Lipinski definition) is 2. The largest absolute Gasteiger partial charge is 0.354 e. The van der Waals surface area contributed by atoms with Gasteiger partial charge in [-0.2, -0.15) is 0 Å². The van der Waals surface area contributed by atoms with Crippen molar-refractivity contribution in [2.45, 2.75) is 6.04 Å². The molecule has 4 heteroatoms. The molecule has 0 spiro atoms. The van der Waals surface area contributed by atoms with Gasteiger partial charge in [-0.25, -0.2) is 0 Å². The van der Waals surface area contributed by atoms with E-state index in [1.165, 1.54) is 0 Å². The molecule has 3 nitrogen and oxygen atoms in total. The number of nitrogens with one attached hydrogen (secondary N) is 1. The Morgan fingerprint density at radius 1 is 0.750 bits per heavy atom. The van der Waals surface area contributed by atoms with Gasteiger partial charge in [0, 0.05) is 15.7 Å². The van der Waals surface area contributed by atoms with Crippen molar-refractivity contribution in [1.29, 1.82) is 0 Å². The lowest BCUT2D eigenvalue weighted by Crippen LogP contribution is -2.34. The van der Waals surface area contributed by atoms with E-state index in [0.29, 0.717) is 5.56 Å². The molecule has 156 valence electrons. The molecule has 1 heterocycles. The Hall–Kier alpha value is -3.63. The van der Waals surface area contributed by atoms with Crippen LogP contribution in [-0.4, -0.2) is 5.91 Å². The molecule has 1 unspecified atom stereocenters. The fourth-order valence-electron chi connectivity index (χ4n) is 4.01. The molecule has 0 aliphatic carbocycles. The van der Waals surface area contributed by atoms with Gasteiger partial charge in [0.05, 0.1) is 17.4 Å². The van der Waals surface area contributed by atoms with Gasteiger partial charge in [-0.15, -0.1) is 0 Å². The van der Waals surface area contributed by atoms with Crippen LogP contribution in [-0.2, 0) is 0 Å². The first-order valence-corrected chi connectivity index (χ1v) is 11.3. The molecule has 5 rings (SSSR count). The molecule has 1 aliphatic heterocycles. The number of carbonyl (C=O) groups excluding carboxylic acids is 1. The van der Waals surface area contributed by atoms with E-state index in [-0.39, 0.29) is 11.9 Å².